The third-order valence-electron chi connectivity index (χ3n) is 3.20. The lowest BCUT2D eigenvalue weighted by atomic mass is 10.1. The smallest absolute Gasteiger partial charge is 0.241 e. The first-order chi connectivity index (χ1) is 6.74. The maximum Gasteiger partial charge on any atom is 0.241 e. The second kappa shape index (κ2) is 3.89. The summed E-state index contributed by atoms with van der Waals surface area (Å²) in [4.78, 5) is 14.0. The van der Waals surface area contributed by atoms with Crippen molar-refractivity contribution in [1.82, 2.24) is 10.2 Å². The molecule has 2 atom stereocenters. The average Bonchev–Trinajstić information content (AvgIpc) is 2.92. The molecule has 3 heteroatoms. The molecule has 0 aromatic carbocycles. The zero-order chi connectivity index (χ0) is 10.1. The summed E-state index contributed by atoms with van der Waals surface area (Å²) in [6.45, 7) is 4.27. The summed E-state index contributed by atoms with van der Waals surface area (Å²) < 4.78 is 0. The highest BCUT2D eigenvalue weighted by Gasteiger charge is 2.43. The van der Waals surface area contributed by atoms with Gasteiger partial charge in [-0.05, 0) is 26.2 Å². The number of carbonyl (C=O) groups is 1. The van der Waals surface area contributed by atoms with Gasteiger partial charge >= 0.3 is 0 Å². The first-order valence-corrected chi connectivity index (χ1v) is 5.82. The fourth-order valence-corrected chi connectivity index (χ4v) is 2.28. The van der Waals surface area contributed by atoms with Crippen LogP contribution < -0.4 is 5.32 Å². The highest BCUT2D eigenvalue weighted by Crippen LogP contribution is 2.31. The van der Waals surface area contributed by atoms with Crippen LogP contribution in [0.1, 0.15) is 46.0 Å². The molecule has 0 bridgehead atoms. The third kappa shape index (κ3) is 1.78. The van der Waals surface area contributed by atoms with E-state index in [2.05, 4.69) is 24.1 Å². The Kier molecular flexibility index (Phi) is 2.77. The van der Waals surface area contributed by atoms with Crippen LogP contribution >= 0.6 is 0 Å². The SMILES string of the molecule is CCCCC1NC(C)N(C2CC2)C1=O. The minimum atomic E-state index is 0.102. The molecule has 1 N–H and O–H groups in total. The molecule has 0 aromatic rings. The number of rotatable bonds is 4. The molecule has 0 spiro atoms. The van der Waals surface area contributed by atoms with E-state index in [1.165, 1.54) is 19.3 Å². The molecule has 1 heterocycles. The van der Waals surface area contributed by atoms with E-state index in [4.69, 9.17) is 0 Å². The van der Waals surface area contributed by atoms with Crippen molar-refractivity contribution in [2.24, 2.45) is 0 Å². The van der Waals surface area contributed by atoms with Crippen molar-refractivity contribution in [3.63, 3.8) is 0 Å². The minimum absolute atomic E-state index is 0.102. The van der Waals surface area contributed by atoms with Crippen LogP contribution in [0.3, 0.4) is 0 Å². The molecule has 0 aromatic heterocycles. The first kappa shape index (κ1) is 9.97. The topological polar surface area (TPSA) is 32.3 Å². The lowest BCUT2D eigenvalue weighted by Crippen LogP contribution is -2.36. The van der Waals surface area contributed by atoms with Gasteiger partial charge in [-0.25, -0.2) is 0 Å². The van der Waals surface area contributed by atoms with Gasteiger partial charge in [0.2, 0.25) is 5.91 Å². The van der Waals surface area contributed by atoms with Crippen molar-refractivity contribution >= 4 is 5.91 Å². The van der Waals surface area contributed by atoms with Gasteiger partial charge in [-0.3, -0.25) is 10.1 Å². The van der Waals surface area contributed by atoms with Crippen molar-refractivity contribution in [2.45, 2.75) is 64.2 Å². The molecule has 2 rings (SSSR count). The van der Waals surface area contributed by atoms with Crippen molar-refractivity contribution in [3.8, 4) is 0 Å². The van der Waals surface area contributed by atoms with Gasteiger partial charge in [0.15, 0.2) is 0 Å². The van der Waals surface area contributed by atoms with Crippen LogP contribution in [0.4, 0.5) is 0 Å². The van der Waals surface area contributed by atoms with Crippen LogP contribution in [0.15, 0.2) is 0 Å². The summed E-state index contributed by atoms with van der Waals surface area (Å²) in [6.07, 6.45) is 5.99. The van der Waals surface area contributed by atoms with Crippen molar-refractivity contribution < 1.29 is 4.79 Å². The molecular formula is C11H20N2O. The fraction of sp³-hybridized carbons (Fsp3) is 0.909. The predicted molar refractivity (Wildman–Crippen MR) is 55.8 cm³/mol. The Morgan fingerprint density at radius 3 is 2.79 bits per heavy atom. The normalized spacial score (nSPS) is 32.7. The average molecular weight is 196 g/mol. The number of amides is 1. The molecular weight excluding hydrogens is 176 g/mol. The Labute approximate surface area is 85.8 Å². The Balaban J connectivity index is 1.92. The van der Waals surface area contributed by atoms with Crippen molar-refractivity contribution in [3.05, 3.63) is 0 Å². The van der Waals surface area contributed by atoms with E-state index >= 15 is 0 Å². The molecule has 1 amide bonds. The monoisotopic (exact) mass is 196 g/mol. The van der Waals surface area contributed by atoms with Gasteiger partial charge in [0.25, 0.3) is 0 Å². The second-order valence-corrected chi connectivity index (χ2v) is 4.51. The lowest BCUT2D eigenvalue weighted by molar-refractivity contribution is -0.130. The Hall–Kier alpha value is -0.570. The fourth-order valence-electron chi connectivity index (χ4n) is 2.28. The molecule has 1 aliphatic carbocycles. The van der Waals surface area contributed by atoms with E-state index in [1.54, 1.807) is 0 Å². The molecule has 2 unspecified atom stereocenters. The number of nitrogens with zero attached hydrogens (tertiary/aromatic N) is 1. The van der Waals surface area contributed by atoms with E-state index in [0.717, 1.165) is 12.8 Å². The Morgan fingerprint density at radius 1 is 1.50 bits per heavy atom. The van der Waals surface area contributed by atoms with Crippen molar-refractivity contribution in [2.75, 3.05) is 0 Å². The number of nitrogens with one attached hydrogen (secondary N) is 1. The molecule has 14 heavy (non-hydrogen) atoms. The van der Waals surface area contributed by atoms with Crippen LogP contribution in [0.5, 0.6) is 0 Å². The Morgan fingerprint density at radius 2 is 2.21 bits per heavy atom. The lowest BCUT2D eigenvalue weighted by Gasteiger charge is -2.19. The Bertz CT molecular complexity index is 225. The van der Waals surface area contributed by atoms with Gasteiger partial charge in [-0.1, -0.05) is 19.8 Å². The molecule has 2 fully saturated rings. The van der Waals surface area contributed by atoms with E-state index < -0.39 is 0 Å². The summed E-state index contributed by atoms with van der Waals surface area (Å²) >= 11 is 0. The maximum atomic E-state index is 12.0. The predicted octanol–water partition coefficient (Wildman–Crippen LogP) is 1.49. The van der Waals surface area contributed by atoms with E-state index in [9.17, 15) is 4.79 Å². The molecule has 1 aliphatic heterocycles. The summed E-state index contributed by atoms with van der Waals surface area (Å²) in [6, 6.07) is 0.655. The summed E-state index contributed by atoms with van der Waals surface area (Å²) in [5.41, 5.74) is 0. The second-order valence-electron chi connectivity index (χ2n) is 4.51. The molecule has 1 saturated heterocycles. The molecule has 2 aliphatic rings. The van der Waals surface area contributed by atoms with E-state index in [-0.39, 0.29) is 12.2 Å². The molecule has 3 nitrogen and oxygen atoms in total. The molecule has 80 valence electrons. The van der Waals surface area contributed by atoms with Gasteiger partial charge in [0.1, 0.15) is 0 Å². The summed E-state index contributed by atoms with van der Waals surface area (Å²) in [5.74, 6) is 0.341. The van der Waals surface area contributed by atoms with Gasteiger partial charge in [0, 0.05) is 6.04 Å². The standard InChI is InChI=1S/C11H20N2O/c1-3-4-5-10-11(14)13(8(2)12-10)9-6-7-9/h8-10,12H,3-7H2,1-2H3. The molecule has 0 radical (unpaired) electrons. The van der Waals surface area contributed by atoms with Gasteiger partial charge in [-0.2, -0.15) is 0 Å². The highest BCUT2D eigenvalue weighted by molar-refractivity contribution is 5.84. The molecule has 1 saturated carbocycles. The van der Waals surface area contributed by atoms with Crippen LogP contribution in [0, 0.1) is 0 Å². The third-order valence-corrected chi connectivity index (χ3v) is 3.20. The summed E-state index contributed by atoms with van der Waals surface area (Å²) in [5, 5.41) is 3.39. The van der Waals surface area contributed by atoms with Crippen molar-refractivity contribution in [1.29, 1.82) is 0 Å². The van der Waals surface area contributed by atoms with E-state index in [0.29, 0.717) is 11.9 Å². The first-order valence-electron chi connectivity index (χ1n) is 5.82. The zero-order valence-corrected chi connectivity index (χ0v) is 9.12. The maximum absolute atomic E-state index is 12.0. The van der Waals surface area contributed by atoms with E-state index in [1.807, 2.05) is 0 Å². The largest absolute Gasteiger partial charge is 0.323 e. The van der Waals surface area contributed by atoms with Crippen LogP contribution in [-0.4, -0.2) is 29.1 Å². The van der Waals surface area contributed by atoms with Gasteiger partial charge in [0.05, 0.1) is 12.2 Å². The highest BCUT2D eigenvalue weighted by atomic mass is 16.2. The quantitative estimate of drug-likeness (QED) is 0.738. The summed E-state index contributed by atoms with van der Waals surface area (Å²) in [7, 11) is 0. The number of hydrogen-bond acceptors (Lipinski definition) is 2. The van der Waals surface area contributed by atoms with Crippen LogP contribution in [0.25, 0.3) is 0 Å². The van der Waals surface area contributed by atoms with Gasteiger partial charge in [-0.15, -0.1) is 0 Å². The van der Waals surface area contributed by atoms with Crippen LogP contribution in [0.2, 0.25) is 0 Å². The number of hydrogen-bond donors (Lipinski definition) is 1. The number of carbonyl (C=O) groups excluding carboxylic acids is 1. The number of unbranched alkanes of at least 4 members (excludes halogenated alkanes) is 1. The minimum Gasteiger partial charge on any atom is -0.323 e. The zero-order valence-electron chi connectivity index (χ0n) is 9.12. The van der Waals surface area contributed by atoms with Crippen LogP contribution in [-0.2, 0) is 4.79 Å². The van der Waals surface area contributed by atoms with Gasteiger partial charge < -0.3 is 4.90 Å².